The molecule has 0 N–H and O–H groups in total. The monoisotopic (exact) mass is 196 g/mol. The molecule has 0 radical (unpaired) electrons. The fraction of sp³-hybridized carbons (Fsp3) is 0.0667. The number of benzene rings is 1. The number of rotatable bonds is 5. The zero-order valence-corrected chi connectivity index (χ0v) is 8.84. The minimum atomic E-state index is 0.955. The van der Waals surface area contributed by atoms with Crippen LogP contribution in [0.4, 0.5) is 0 Å². The fourth-order valence-electron chi connectivity index (χ4n) is 1.15. The summed E-state index contributed by atoms with van der Waals surface area (Å²) in [6, 6.07) is 10.3. The van der Waals surface area contributed by atoms with Gasteiger partial charge < -0.3 is 0 Å². The lowest BCUT2D eigenvalue weighted by Gasteiger charge is -1.89. The van der Waals surface area contributed by atoms with E-state index in [-0.39, 0.29) is 0 Å². The lowest BCUT2D eigenvalue weighted by atomic mass is 10.2. The molecule has 1 aromatic carbocycles. The van der Waals surface area contributed by atoms with Gasteiger partial charge in [0.1, 0.15) is 0 Å². The summed E-state index contributed by atoms with van der Waals surface area (Å²) >= 11 is 0. The van der Waals surface area contributed by atoms with Gasteiger partial charge in [0.15, 0.2) is 0 Å². The van der Waals surface area contributed by atoms with Crippen LogP contribution in [-0.4, -0.2) is 0 Å². The third-order valence-electron chi connectivity index (χ3n) is 1.88. The van der Waals surface area contributed by atoms with Crippen LogP contribution >= 0.6 is 0 Å². The second-order valence-corrected chi connectivity index (χ2v) is 3.10. The Morgan fingerprint density at radius 2 is 1.73 bits per heavy atom. The molecule has 0 spiro atoms. The molecule has 0 heteroatoms. The first-order chi connectivity index (χ1) is 7.43. The Kier molecular flexibility index (Phi) is 5.68. The van der Waals surface area contributed by atoms with Crippen molar-refractivity contribution in [1.82, 2.24) is 0 Å². The van der Waals surface area contributed by atoms with Crippen molar-refractivity contribution < 1.29 is 0 Å². The van der Waals surface area contributed by atoms with E-state index >= 15 is 0 Å². The summed E-state index contributed by atoms with van der Waals surface area (Å²) in [5.74, 6) is 0. The van der Waals surface area contributed by atoms with Crippen LogP contribution in [-0.2, 0) is 0 Å². The molecule has 0 heterocycles. The second-order valence-electron chi connectivity index (χ2n) is 3.10. The minimum absolute atomic E-state index is 0.955. The Morgan fingerprint density at radius 3 is 2.47 bits per heavy atom. The molecule has 0 saturated heterocycles. The molecule has 0 unspecified atom stereocenters. The van der Waals surface area contributed by atoms with Crippen LogP contribution in [0.3, 0.4) is 0 Å². The van der Waals surface area contributed by atoms with Gasteiger partial charge in [0.05, 0.1) is 0 Å². The molecule has 0 bridgehead atoms. The number of allylic oxidation sites excluding steroid dienone is 6. The first kappa shape index (κ1) is 11.3. The minimum Gasteiger partial charge on any atom is -0.0991 e. The Hall–Kier alpha value is -1.82. The van der Waals surface area contributed by atoms with Gasteiger partial charge in [-0.1, -0.05) is 79.4 Å². The molecular formula is C15H16. The molecule has 0 fully saturated rings. The Bertz CT molecular complexity index is 353. The first-order valence-corrected chi connectivity index (χ1v) is 5.09. The van der Waals surface area contributed by atoms with Crippen LogP contribution < -0.4 is 0 Å². The third kappa shape index (κ3) is 5.48. The fourth-order valence-corrected chi connectivity index (χ4v) is 1.15. The van der Waals surface area contributed by atoms with Crippen molar-refractivity contribution in [3.63, 3.8) is 0 Å². The molecular weight excluding hydrogens is 180 g/mol. The van der Waals surface area contributed by atoms with Crippen LogP contribution in [0.1, 0.15) is 12.0 Å². The highest BCUT2D eigenvalue weighted by Gasteiger charge is 1.80. The van der Waals surface area contributed by atoms with Crippen LogP contribution in [0, 0.1) is 0 Å². The summed E-state index contributed by atoms with van der Waals surface area (Å²) in [4.78, 5) is 0. The lowest BCUT2D eigenvalue weighted by molar-refractivity contribution is 1.41. The largest absolute Gasteiger partial charge is 0.0991 e. The van der Waals surface area contributed by atoms with Crippen LogP contribution in [0.2, 0.25) is 0 Å². The molecule has 0 saturated carbocycles. The topological polar surface area (TPSA) is 0 Å². The zero-order chi connectivity index (χ0) is 10.8. The molecule has 0 aliphatic heterocycles. The van der Waals surface area contributed by atoms with Gasteiger partial charge in [0.25, 0.3) is 0 Å². The van der Waals surface area contributed by atoms with Crippen molar-refractivity contribution in [3.05, 3.63) is 78.9 Å². The van der Waals surface area contributed by atoms with Gasteiger partial charge in [-0.3, -0.25) is 0 Å². The van der Waals surface area contributed by atoms with Crippen LogP contribution in [0.5, 0.6) is 0 Å². The molecule has 1 aromatic rings. The molecule has 1 rings (SSSR count). The Balaban J connectivity index is 2.31. The van der Waals surface area contributed by atoms with Gasteiger partial charge in [-0.25, -0.2) is 0 Å². The van der Waals surface area contributed by atoms with E-state index in [9.17, 15) is 0 Å². The van der Waals surface area contributed by atoms with Gasteiger partial charge in [-0.2, -0.15) is 0 Å². The van der Waals surface area contributed by atoms with E-state index in [1.165, 1.54) is 5.56 Å². The lowest BCUT2D eigenvalue weighted by Crippen LogP contribution is -1.67. The van der Waals surface area contributed by atoms with E-state index in [1.54, 1.807) is 6.08 Å². The van der Waals surface area contributed by atoms with Gasteiger partial charge in [0, 0.05) is 0 Å². The van der Waals surface area contributed by atoms with Crippen LogP contribution in [0.15, 0.2) is 73.4 Å². The average molecular weight is 196 g/mol. The maximum atomic E-state index is 3.60. The summed E-state index contributed by atoms with van der Waals surface area (Å²) in [6.45, 7) is 3.60. The standard InChI is InChI=1S/C15H16/c1-2-3-4-5-6-7-9-12-15-13-10-8-11-14-15/h2-6,8-14H,1,7H2/b4-3-,6-5-,12-9+. The summed E-state index contributed by atoms with van der Waals surface area (Å²) in [5.41, 5.74) is 1.24. The second kappa shape index (κ2) is 7.57. The molecule has 0 atom stereocenters. The molecule has 0 nitrogen and oxygen atoms in total. The van der Waals surface area contributed by atoms with E-state index in [2.05, 4.69) is 36.9 Å². The summed E-state index contributed by atoms with van der Waals surface area (Å²) < 4.78 is 0. The predicted octanol–water partition coefficient (Wildman–Crippen LogP) is 4.39. The molecule has 0 amide bonds. The van der Waals surface area contributed by atoms with Crippen molar-refractivity contribution in [3.8, 4) is 0 Å². The normalized spacial score (nSPS) is 11.7. The van der Waals surface area contributed by atoms with Crippen molar-refractivity contribution in [2.75, 3.05) is 0 Å². The van der Waals surface area contributed by atoms with Crippen molar-refractivity contribution >= 4 is 6.08 Å². The predicted molar refractivity (Wildman–Crippen MR) is 68.6 cm³/mol. The summed E-state index contributed by atoms with van der Waals surface area (Å²) in [6.07, 6.45) is 15.0. The Labute approximate surface area is 92.0 Å². The molecule has 76 valence electrons. The van der Waals surface area contributed by atoms with Crippen LogP contribution in [0.25, 0.3) is 6.08 Å². The van der Waals surface area contributed by atoms with Gasteiger partial charge in [-0.15, -0.1) is 0 Å². The summed E-state index contributed by atoms with van der Waals surface area (Å²) in [7, 11) is 0. The summed E-state index contributed by atoms with van der Waals surface area (Å²) in [5, 5.41) is 0. The van der Waals surface area contributed by atoms with E-state index in [0.717, 1.165) is 6.42 Å². The SMILES string of the molecule is C=C/C=C\C=C/C/C=C/c1ccccc1. The highest BCUT2D eigenvalue weighted by atomic mass is 13.9. The maximum absolute atomic E-state index is 3.60. The molecule has 15 heavy (non-hydrogen) atoms. The van der Waals surface area contributed by atoms with E-state index < -0.39 is 0 Å². The highest BCUT2D eigenvalue weighted by Crippen LogP contribution is 2.01. The van der Waals surface area contributed by atoms with E-state index in [0.29, 0.717) is 0 Å². The smallest absolute Gasteiger partial charge is 0.0163 e. The van der Waals surface area contributed by atoms with Crippen molar-refractivity contribution in [2.24, 2.45) is 0 Å². The third-order valence-corrected chi connectivity index (χ3v) is 1.88. The zero-order valence-electron chi connectivity index (χ0n) is 8.84. The van der Waals surface area contributed by atoms with E-state index in [1.807, 2.05) is 36.4 Å². The van der Waals surface area contributed by atoms with Crippen molar-refractivity contribution in [1.29, 1.82) is 0 Å². The van der Waals surface area contributed by atoms with Crippen molar-refractivity contribution in [2.45, 2.75) is 6.42 Å². The molecule has 0 aliphatic rings. The number of hydrogen-bond donors (Lipinski definition) is 0. The highest BCUT2D eigenvalue weighted by molar-refractivity contribution is 5.48. The Morgan fingerprint density at radius 1 is 0.933 bits per heavy atom. The molecule has 0 aromatic heterocycles. The van der Waals surface area contributed by atoms with Gasteiger partial charge in [0.2, 0.25) is 0 Å². The first-order valence-electron chi connectivity index (χ1n) is 5.09. The quantitative estimate of drug-likeness (QED) is 0.613. The maximum Gasteiger partial charge on any atom is -0.0163 e. The number of hydrogen-bond acceptors (Lipinski definition) is 0. The average Bonchev–Trinajstić information content (AvgIpc) is 2.29. The van der Waals surface area contributed by atoms with Gasteiger partial charge >= 0.3 is 0 Å². The van der Waals surface area contributed by atoms with E-state index in [4.69, 9.17) is 0 Å². The van der Waals surface area contributed by atoms with Gasteiger partial charge in [-0.05, 0) is 12.0 Å². The molecule has 0 aliphatic carbocycles.